The first-order chi connectivity index (χ1) is 12.1. The lowest BCUT2D eigenvalue weighted by Crippen LogP contribution is -2.08. The Kier molecular flexibility index (Phi) is 5.03. The molecule has 0 aliphatic carbocycles. The van der Waals surface area contributed by atoms with Gasteiger partial charge in [-0.15, -0.1) is 0 Å². The molecule has 0 aliphatic heterocycles. The number of aryl methyl sites for hydroxylation is 1. The van der Waals surface area contributed by atoms with Crippen LogP contribution in [0.15, 0.2) is 38.7 Å². The number of thioether (sulfide) groups is 1. The Morgan fingerprint density at radius 3 is 2.68 bits per heavy atom. The molecule has 9 heteroatoms. The molecule has 0 saturated heterocycles. The van der Waals surface area contributed by atoms with Crippen LogP contribution in [0.3, 0.4) is 0 Å². The van der Waals surface area contributed by atoms with Crippen molar-refractivity contribution in [3.8, 4) is 22.9 Å². The summed E-state index contributed by atoms with van der Waals surface area (Å²) < 4.78 is 15.7. The van der Waals surface area contributed by atoms with E-state index in [0.717, 1.165) is 5.56 Å². The standard InChI is InChI=1S/C16H16N4O4S/c1-9-6-13(21)18-16(17-9)25-8-14-19-15(20-24-14)10-4-5-11(22-2)12(7-10)23-3/h4-7H,8H2,1-3H3,(H,17,18,21). The van der Waals surface area contributed by atoms with Crippen molar-refractivity contribution >= 4 is 11.8 Å². The van der Waals surface area contributed by atoms with Crippen LogP contribution in [0.25, 0.3) is 11.4 Å². The van der Waals surface area contributed by atoms with Gasteiger partial charge in [-0.05, 0) is 25.1 Å². The van der Waals surface area contributed by atoms with Crippen molar-refractivity contribution in [1.82, 2.24) is 20.1 Å². The van der Waals surface area contributed by atoms with Gasteiger partial charge in [-0.2, -0.15) is 4.98 Å². The normalized spacial score (nSPS) is 10.7. The van der Waals surface area contributed by atoms with E-state index in [4.69, 9.17) is 14.0 Å². The van der Waals surface area contributed by atoms with Crippen molar-refractivity contribution < 1.29 is 14.0 Å². The number of aromatic nitrogens is 4. The number of benzene rings is 1. The van der Waals surface area contributed by atoms with Gasteiger partial charge in [0.15, 0.2) is 16.7 Å². The lowest BCUT2D eigenvalue weighted by atomic mass is 10.2. The van der Waals surface area contributed by atoms with E-state index >= 15 is 0 Å². The highest BCUT2D eigenvalue weighted by Gasteiger charge is 2.13. The smallest absolute Gasteiger partial charge is 0.251 e. The van der Waals surface area contributed by atoms with Gasteiger partial charge in [-0.1, -0.05) is 16.9 Å². The maximum atomic E-state index is 11.4. The van der Waals surface area contributed by atoms with Crippen LogP contribution < -0.4 is 15.0 Å². The van der Waals surface area contributed by atoms with Crippen LogP contribution in [-0.2, 0) is 5.75 Å². The molecule has 0 fully saturated rings. The summed E-state index contributed by atoms with van der Waals surface area (Å²) in [6.07, 6.45) is 0. The highest BCUT2D eigenvalue weighted by Crippen LogP contribution is 2.31. The van der Waals surface area contributed by atoms with E-state index in [2.05, 4.69) is 20.1 Å². The quantitative estimate of drug-likeness (QED) is 0.528. The van der Waals surface area contributed by atoms with E-state index < -0.39 is 0 Å². The van der Waals surface area contributed by atoms with Crippen molar-refractivity contribution in [2.45, 2.75) is 17.8 Å². The molecule has 0 unspecified atom stereocenters. The fourth-order valence-electron chi connectivity index (χ4n) is 2.16. The predicted molar refractivity (Wildman–Crippen MR) is 92.0 cm³/mol. The molecule has 0 radical (unpaired) electrons. The Balaban J connectivity index is 1.75. The van der Waals surface area contributed by atoms with Gasteiger partial charge in [0.25, 0.3) is 5.56 Å². The highest BCUT2D eigenvalue weighted by atomic mass is 32.2. The van der Waals surface area contributed by atoms with E-state index in [1.165, 1.54) is 17.8 Å². The number of ether oxygens (including phenoxy) is 2. The predicted octanol–water partition coefficient (Wildman–Crippen LogP) is 2.44. The molecular formula is C16H16N4O4S. The minimum Gasteiger partial charge on any atom is -0.493 e. The molecule has 2 aromatic heterocycles. The minimum atomic E-state index is -0.188. The van der Waals surface area contributed by atoms with E-state index in [1.807, 2.05) is 6.07 Å². The van der Waals surface area contributed by atoms with E-state index in [9.17, 15) is 4.79 Å². The Labute approximate surface area is 147 Å². The largest absolute Gasteiger partial charge is 0.493 e. The molecule has 0 atom stereocenters. The number of nitrogens with one attached hydrogen (secondary N) is 1. The van der Waals surface area contributed by atoms with Crippen LogP contribution >= 0.6 is 11.8 Å². The maximum absolute atomic E-state index is 11.4. The SMILES string of the molecule is COc1ccc(-c2noc(CSc3nc(C)cc(=O)[nH]3)n2)cc1OC. The minimum absolute atomic E-state index is 0.188. The topological polar surface area (TPSA) is 103 Å². The van der Waals surface area contributed by atoms with Crippen molar-refractivity contribution in [3.63, 3.8) is 0 Å². The van der Waals surface area contributed by atoms with Gasteiger partial charge < -0.3 is 19.0 Å². The molecule has 3 rings (SSSR count). The molecule has 0 aliphatic rings. The second kappa shape index (κ2) is 7.39. The Morgan fingerprint density at radius 2 is 1.96 bits per heavy atom. The fourth-order valence-corrected chi connectivity index (χ4v) is 2.91. The Bertz CT molecular complexity index is 938. The zero-order valence-electron chi connectivity index (χ0n) is 13.9. The van der Waals surface area contributed by atoms with Crippen LogP contribution in [-0.4, -0.2) is 34.3 Å². The number of methoxy groups -OCH3 is 2. The van der Waals surface area contributed by atoms with E-state index in [-0.39, 0.29) is 5.56 Å². The summed E-state index contributed by atoms with van der Waals surface area (Å²) in [5, 5.41) is 4.49. The lowest BCUT2D eigenvalue weighted by molar-refractivity contribution is 0.355. The number of rotatable bonds is 6. The van der Waals surface area contributed by atoms with Gasteiger partial charge >= 0.3 is 0 Å². The maximum Gasteiger partial charge on any atom is 0.251 e. The van der Waals surface area contributed by atoms with Gasteiger partial charge in [-0.25, -0.2) is 4.98 Å². The Hall–Kier alpha value is -2.81. The molecule has 0 bridgehead atoms. The summed E-state index contributed by atoms with van der Waals surface area (Å²) in [5.41, 5.74) is 1.22. The van der Waals surface area contributed by atoms with E-state index in [0.29, 0.717) is 39.8 Å². The number of hydrogen-bond donors (Lipinski definition) is 1. The average molecular weight is 360 g/mol. The van der Waals surface area contributed by atoms with Gasteiger partial charge in [0, 0.05) is 17.3 Å². The summed E-state index contributed by atoms with van der Waals surface area (Å²) in [6, 6.07) is 6.81. The van der Waals surface area contributed by atoms with Crippen molar-refractivity contribution in [2.75, 3.05) is 14.2 Å². The molecule has 0 saturated carbocycles. The average Bonchev–Trinajstić information content (AvgIpc) is 3.07. The van der Waals surface area contributed by atoms with Crippen LogP contribution in [0.1, 0.15) is 11.6 Å². The van der Waals surface area contributed by atoms with Gasteiger partial charge in [0.2, 0.25) is 11.7 Å². The van der Waals surface area contributed by atoms with Gasteiger partial charge in [0.1, 0.15) is 0 Å². The molecule has 0 spiro atoms. The first-order valence-electron chi connectivity index (χ1n) is 7.35. The van der Waals surface area contributed by atoms with Crippen LogP contribution in [0, 0.1) is 6.92 Å². The first-order valence-corrected chi connectivity index (χ1v) is 8.33. The second-order valence-electron chi connectivity index (χ2n) is 5.06. The van der Waals surface area contributed by atoms with E-state index in [1.54, 1.807) is 33.3 Å². The fraction of sp³-hybridized carbons (Fsp3) is 0.250. The summed E-state index contributed by atoms with van der Waals surface area (Å²) >= 11 is 1.32. The van der Waals surface area contributed by atoms with Crippen molar-refractivity contribution in [2.24, 2.45) is 0 Å². The zero-order valence-corrected chi connectivity index (χ0v) is 14.7. The van der Waals surface area contributed by atoms with Crippen LogP contribution in [0.4, 0.5) is 0 Å². The monoisotopic (exact) mass is 360 g/mol. The number of aromatic amines is 1. The number of nitrogens with zero attached hydrogens (tertiary/aromatic N) is 3. The lowest BCUT2D eigenvalue weighted by Gasteiger charge is -2.07. The zero-order chi connectivity index (χ0) is 17.8. The summed E-state index contributed by atoms with van der Waals surface area (Å²) in [7, 11) is 3.14. The van der Waals surface area contributed by atoms with Gasteiger partial charge in [0.05, 0.1) is 20.0 Å². The molecule has 1 N–H and O–H groups in total. The molecule has 1 aromatic carbocycles. The first kappa shape index (κ1) is 17.0. The number of H-pyrrole nitrogens is 1. The molecule has 3 aromatic rings. The van der Waals surface area contributed by atoms with Crippen molar-refractivity contribution in [1.29, 1.82) is 0 Å². The third kappa shape index (κ3) is 4.00. The third-order valence-electron chi connectivity index (χ3n) is 3.29. The second-order valence-corrected chi connectivity index (χ2v) is 6.03. The van der Waals surface area contributed by atoms with Crippen LogP contribution in [0.5, 0.6) is 11.5 Å². The molecule has 130 valence electrons. The molecule has 8 nitrogen and oxygen atoms in total. The third-order valence-corrected chi connectivity index (χ3v) is 4.15. The molecule has 0 amide bonds. The molecule has 25 heavy (non-hydrogen) atoms. The summed E-state index contributed by atoms with van der Waals surface area (Å²) in [4.78, 5) is 22.7. The molecular weight excluding hydrogens is 344 g/mol. The Morgan fingerprint density at radius 1 is 1.16 bits per heavy atom. The van der Waals surface area contributed by atoms with Gasteiger partial charge in [-0.3, -0.25) is 4.79 Å². The highest BCUT2D eigenvalue weighted by molar-refractivity contribution is 7.98. The summed E-state index contributed by atoms with van der Waals surface area (Å²) in [5.74, 6) is 2.48. The number of hydrogen-bond acceptors (Lipinski definition) is 8. The molecule has 2 heterocycles. The van der Waals surface area contributed by atoms with Crippen molar-refractivity contribution in [3.05, 3.63) is 46.2 Å². The summed E-state index contributed by atoms with van der Waals surface area (Å²) in [6.45, 7) is 1.77. The van der Waals surface area contributed by atoms with Crippen LogP contribution in [0.2, 0.25) is 0 Å².